The van der Waals surface area contributed by atoms with Crippen molar-refractivity contribution in [3.8, 4) is 0 Å². The van der Waals surface area contributed by atoms with Gasteiger partial charge in [0.15, 0.2) is 0 Å². The first kappa shape index (κ1) is 13.2. The molecule has 1 fully saturated rings. The van der Waals surface area contributed by atoms with Gasteiger partial charge in [0.05, 0.1) is 10.7 Å². The maximum Gasteiger partial charge on any atom is 0.265 e. The van der Waals surface area contributed by atoms with Crippen molar-refractivity contribution in [2.75, 3.05) is 25.1 Å². The average Bonchev–Trinajstić information content (AvgIpc) is 2.91. The van der Waals surface area contributed by atoms with Gasteiger partial charge in [-0.2, -0.15) is 0 Å². The molecule has 5 heteroatoms. The van der Waals surface area contributed by atoms with Gasteiger partial charge < -0.3 is 16.0 Å². The molecule has 0 spiro atoms. The van der Waals surface area contributed by atoms with Crippen LogP contribution in [0.25, 0.3) is 0 Å². The Hall–Kier alpha value is -1.23. The Morgan fingerprint density at radius 2 is 2.33 bits per heavy atom. The zero-order valence-electron chi connectivity index (χ0n) is 11.2. The van der Waals surface area contributed by atoms with Gasteiger partial charge in [-0.1, -0.05) is 13.3 Å². The Morgan fingerprint density at radius 1 is 1.61 bits per heavy atom. The van der Waals surface area contributed by atoms with Crippen molar-refractivity contribution in [2.45, 2.75) is 32.2 Å². The monoisotopic (exact) mass is 267 g/mol. The molecule has 2 rings (SSSR count). The van der Waals surface area contributed by atoms with Gasteiger partial charge in [-0.05, 0) is 24.8 Å². The molecule has 0 bridgehead atoms. The minimum absolute atomic E-state index is 0.0218. The molecule has 0 aromatic carbocycles. The minimum atomic E-state index is -0.0218. The third-order valence-electron chi connectivity index (χ3n) is 3.27. The quantitative estimate of drug-likeness (QED) is 0.862. The molecule has 1 aliphatic carbocycles. The molecule has 18 heavy (non-hydrogen) atoms. The van der Waals surface area contributed by atoms with Gasteiger partial charge in [0.25, 0.3) is 5.91 Å². The Balaban J connectivity index is 1.99. The normalized spacial score (nSPS) is 21.7. The SMILES string of the molecule is CCCC1CC1Nc1cc(N)c(C(=O)N(C)C)s1. The third kappa shape index (κ3) is 2.77. The second kappa shape index (κ2) is 5.18. The lowest BCUT2D eigenvalue weighted by atomic mass is 10.2. The van der Waals surface area contributed by atoms with E-state index in [4.69, 9.17) is 5.73 Å². The zero-order valence-corrected chi connectivity index (χ0v) is 12.0. The highest BCUT2D eigenvalue weighted by atomic mass is 32.1. The maximum atomic E-state index is 11.9. The number of nitrogens with zero attached hydrogens (tertiary/aromatic N) is 1. The summed E-state index contributed by atoms with van der Waals surface area (Å²) in [4.78, 5) is 14.1. The van der Waals surface area contributed by atoms with E-state index in [1.165, 1.54) is 30.6 Å². The molecule has 1 amide bonds. The van der Waals surface area contributed by atoms with E-state index in [0.29, 0.717) is 16.6 Å². The molecule has 3 N–H and O–H groups in total. The summed E-state index contributed by atoms with van der Waals surface area (Å²) in [5.74, 6) is 0.776. The van der Waals surface area contributed by atoms with Crippen LogP contribution in [0.3, 0.4) is 0 Å². The summed E-state index contributed by atoms with van der Waals surface area (Å²) >= 11 is 1.46. The number of nitrogens with one attached hydrogen (secondary N) is 1. The van der Waals surface area contributed by atoms with Gasteiger partial charge in [-0.25, -0.2) is 0 Å². The molecule has 1 aromatic rings. The van der Waals surface area contributed by atoms with Crippen LogP contribution in [0.4, 0.5) is 10.7 Å². The number of nitrogens with two attached hydrogens (primary N) is 1. The first-order chi connectivity index (χ1) is 8.52. The maximum absolute atomic E-state index is 11.9. The van der Waals surface area contributed by atoms with Gasteiger partial charge >= 0.3 is 0 Å². The van der Waals surface area contributed by atoms with Crippen molar-refractivity contribution in [1.82, 2.24) is 4.90 Å². The third-order valence-corrected chi connectivity index (χ3v) is 4.34. The fraction of sp³-hybridized carbons (Fsp3) is 0.615. The largest absolute Gasteiger partial charge is 0.397 e. The van der Waals surface area contributed by atoms with E-state index in [9.17, 15) is 4.79 Å². The molecule has 1 heterocycles. The number of thiophene rings is 1. The van der Waals surface area contributed by atoms with Crippen LogP contribution in [0.15, 0.2) is 6.07 Å². The van der Waals surface area contributed by atoms with E-state index in [0.717, 1.165) is 10.9 Å². The molecule has 1 saturated carbocycles. The van der Waals surface area contributed by atoms with E-state index in [2.05, 4.69) is 12.2 Å². The summed E-state index contributed by atoms with van der Waals surface area (Å²) in [7, 11) is 3.49. The van der Waals surface area contributed by atoms with Crippen molar-refractivity contribution in [2.24, 2.45) is 5.92 Å². The number of carbonyl (C=O) groups excluding carboxylic acids is 1. The highest BCUT2D eigenvalue weighted by molar-refractivity contribution is 7.18. The van der Waals surface area contributed by atoms with E-state index in [1.807, 2.05) is 6.07 Å². The fourth-order valence-corrected chi connectivity index (χ4v) is 3.21. The van der Waals surface area contributed by atoms with Crippen molar-refractivity contribution < 1.29 is 4.79 Å². The van der Waals surface area contributed by atoms with Crippen LogP contribution in [0.2, 0.25) is 0 Å². The molecular weight excluding hydrogens is 246 g/mol. The summed E-state index contributed by atoms with van der Waals surface area (Å²) in [6.07, 6.45) is 3.75. The predicted octanol–water partition coefficient (Wildman–Crippen LogP) is 2.63. The van der Waals surface area contributed by atoms with Crippen molar-refractivity contribution in [3.63, 3.8) is 0 Å². The topological polar surface area (TPSA) is 58.4 Å². The second-order valence-electron chi connectivity index (χ2n) is 5.13. The summed E-state index contributed by atoms with van der Waals surface area (Å²) in [6.45, 7) is 2.21. The van der Waals surface area contributed by atoms with Crippen LogP contribution in [-0.4, -0.2) is 30.9 Å². The van der Waals surface area contributed by atoms with Crippen LogP contribution < -0.4 is 11.1 Å². The van der Waals surface area contributed by atoms with E-state index >= 15 is 0 Å². The van der Waals surface area contributed by atoms with Gasteiger partial charge in [-0.15, -0.1) is 11.3 Å². The number of carbonyl (C=O) groups is 1. The minimum Gasteiger partial charge on any atom is -0.397 e. The molecular formula is C13H21N3OS. The molecule has 2 atom stereocenters. The number of rotatable bonds is 5. The zero-order chi connectivity index (χ0) is 13.3. The molecule has 100 valence electrons. The summed E-state index contributed by atoms with van der Waals surface area (Å²) < 4.78 is 0. The first-order valence-corrected chi connectivity index (χ1v) is 7.22. The molecule has 2 unspecified atom stereocenters. The van der Waals surface area contributed by atoms with Crippen LogP contribution in [0, 0.1) is 5.92 Å². The molecule has 1 aromatic heterocycles. The Kier molecular flexibility index (Phi) is 3.80. The van der Waals surface area contributed by atoms with Gasteiger partial charge in [-0.3, -0.25) is 4.79 Å². The first-order valence-electron chi connectivity index (χ1n) is 6.40. The Bertz CT molecular complexity index is 441. The van der Waals surface area contributed by atoms with E-state index in [-0.39, 0.29) is 5.91 Å². The van der Waals surface area contributed by atoms with Crippen molar-refractivity contribution in [1.29, 1.82) is 0 Å². The summed E-state index contributed by atoms with van der Waals surface area (Å²) in [6, 6.07) is 2.45. The molecule has 1 aliphatic rings. The lowest BCUT2D eigenvalue weighted by Crippen LogP contribution is -2.21. The van der Waals surface area contributed by atoms with Gasteiger partial charge in [0.1, 0.15) is 4.88 Å². The number of anilines is 2. The fourth-order valence-electron chi connectivity index (χ4n) is 2.14. The Morgan fingerprint density at radius 3 is 2.94 bits per heavy atom. The Labute approximate surface area is 112 Å². The average molecular weight is 267 g/mol. The molecule has 4 nitrogen and oxygen atoms in total. The standard InChI is InChI=1S/C13H21N3OS/c1-4-5-8-6-10(8)15-11-7-9(14)12(18-11)13(17)16(2)3/h7-8,10,15H,4-6,14H2,1-3H3. The van der Waals surface area contributed by atoms with Crippen LogP contribution in [-0.2, 0) is 0 Å². The number of hydrogen-bond acceptors (Lipinski definition) is 4. The highest BCUT2D eigenvalue weighted by Crippen LogP contribution is 2.40. The van der Waals surface area contributed by atoms with Gasteiger partial charge in [0.2, 0.25) is 0 Å². The van der Waals surface area contributed by atoms with Crippen molar-refractivity contribution >= 4 is 27.9 Å². The van der Waals surface area contributed by atoms with E-state index in [1.54, 1.807) is 19.0 Å². The van der Waals surface area contributed by atoms with E-state index < -0.39 is 0 Å². The summed E-state index contributed by atoms with van der Waals surface area (Å²) in [5.41, 5.74) is 6.47. The number of hydrogen-bond donors (Lipinski definition) is 2. The smallest absolute Gasteiger partial charge is 0.265 e. The van der Waals surface area contributed by atoms with Gasteiger partial charge in [0, 0.05) is 20.1 Å². The van der Waals surface area contributed by atoms with Crippen LogP contribution >= 0.6 is 11.3 Å². The molecule has 0 aliphatic heterocycles. The lowest BCUT2D eigenvalue weighted by Gasteiger charge is -2.08. The summed E-state index contributed by atoms with van der Waals surface area (Å²) in [5, 5.41) is 4.49. The highest BCUT2D eigenvalue weighted by Gasteiger charge is 2.36. The number of amides is 1. The lowest BCUT2D eigenvalue weighted by molar-refractivity contribution is 0.0833. The van der Waals surface area contributed by atoms with Crippen molar-refractivity contribution in [3.05, 3.63) is 10.9 Å². The second-order valence-corrected chi connectivity index (χ2v) is 6.18. The number of nitrogen functional groups attached to an aromatic ring is 1. The molecule has 0 saturated heterocycles. The predicted molar refractivity (Wildman–Crippen MR) is 77.2 cm³/mol. The van der Waals surface area contributed by atoms with Crippen LogP contribution in [0.5, 0.6) is 0 Å². The van der Waals surface area contributed by atoms with Crippen LogP contribution in [0.1, 0.15) is 35.9 Å². The molecule has 0 radical (unpaired) electrons.